The van der Waals surface area contributed by atoms with Gasteiger partial charge in [0.25, 0.3) is 0 Å². The molecule has 1 aliphatic heterocycles. The van der Waals surface area contributed by atoms with E-state index in [4.69, 9.17) is 0 Å². The summed E-state index contributed by atoms with van der Waals surface area (Å²) >= 11 is 0. The van der Waals surface area contributed by atoms with E-state index in [0.717, 1.165) is 24.1 Å². The molecule has 1 aliphatic carbocycles. The molecule has 1 aromatic carbocycles. The standard InChI is InChI=1S/C23H24F3N3O2/c1-13-6-4-7-16(10-13)28(3)22(31)20-17-8-5-9-18(17)21(30)29(20)19-12-15(23(24,25)26)11-14(2)27-19/h4,6-7,10-12,17-18,20H,5,8-9H2,1-3H3. The van der Waals surface area contributed by atoms with E-state index < -0.39 is 17.8 Å². The molecular formula is C23H24F3N3O2. The first kappa shape index (κ1) is 21.3. The SMILES string of the molecule is Cc1cccc(N(C)C(=O)C2C3CCCC3C(=O)N2c2cc(C(F)(F)F)cc(C)n2)c1. The fraction of sp³-hybridized carbons (Fsp3) is 0.435. The van der Waals surface area contributed by atoms with Gasteiger partial charge in [0.05, 0.1) is 5.56 Å². The van der Waals surface area contributed by atoms with E-state index >= 15 is 0 Å². The van der Waals surface area contributed by atoms with Crippen LogP contribution >= 0.6 is 0 Å². The zero-order chi connectivity index (χ0) is 22.5. The first-order valence-electron chi connectivity index (χ1n) is 10.3. The van der Waals surface area contributed by atoms with Crippen molar-refractivity contribution in [2.75, 3.05) is 16.8 Å². The minimum atomic E-state index is -4.57. The summed E-state index contributed by atoms with van der Waals surface area (Å²) in [6.45, 7) is 3.37. The van der Waals surface area contributed by atoms with Crippen molar-refractivity contribution in [2.45, 2.75) is 45.3 Å². The highest BCUT2D eigenvalue weighted by molar-refractivity contribution is 6.09. The van der Waals surface area contributed by atoms with Crippen molar-refractivity contribution in [1.82, 2.24) is 4.98 Å². The zero-order valence-corrected chi connectivity index (χ0v) is 17.6. The second kappa shape index (κ2) is 7.66. The third-order valence-electron chi connectivity index (χ3n) is 6.29. The highest BCUT2D eigenvalue weighted by Crippen LogP contribution is 2.46. The van der Waals surface area contributed by atoms with Crippen LogP contribution in [0.4, 0.5) is 24.7 Å². The van der Waals surface area contributed by atoms with Gasteiger partial charge in [-0.25, -0.2) is 4.98 Å². The molecule has 31 heavy (non-hydrogen) atoms. The second-order valence-corrected chi connectivity index (χ2v) is 8.44. The third-order valence-corrected chi connectivity index (χ3v) is 6.29. The smallest absolute Gasteiger partial charge is 0.314 e. The molecule has 5 nitrogen and oxygen atoms in total. The molecule has 8 heteroatoms. The van der Waals surface area contributed by atoms with Crippen LogP contribution in [-0.4, -0.2) is 29.9 Å². The maximum absolute atomic E-state index is 13.6. The highest BCUT2D eigenvalue weighted by atomic mass is 19.4. The molecule has 1 saturated carbocycles. The predicted molar refractivity (Wildman–Crippen MR) is 111 cm³/mol. The average Bonchev–Trinajstić information content (AvgIpc) is 3.28. The second-order valence-electron chi connectivity index (χ2n) is 8.44. The van der Waals surface area contributed by atoms with Crippen molar-refractivity contribution in [3.63, 3.8) is 0 Å². The summed E-state index contributed by atoms with van der Waals surface area (Å²) in [5, 5.41) is 0. The Labute approximate surface area is 178 Å². The Morgan fingerprint density at radius 3 is 2.58 bits per heavy atom. The number of likely N-dealkylation sites (N-methyl/N-ethyl adjacent to an activating group) is 1. The van der Waals surface area contributed by atoms with E-state index in [2.05, 4.69) is 4.98 Å². The maximum atomic E-state index is 13.6. The minimum Gasteiger partial charge on any atom is -0.314 e. The molecule has 2 heterocycles. The number of amides is 2. The van der Waals surface area contributed by atoms with Crippen molar-refractivity contribution >= 4 is 23.3 Å². The molecule has 0 radical (unpaired) electrons. The number of aromatic nitrogens is 1. The molecule has 3 atom stereocenters. The number of nitrogens with zero attached hydrogens (tertiary/aromatic N) is 3. The topological polar surface area (TPSA) is 53.5 Å². The molecule has 2 aliphatic rings. The summed E-state index contributed by atoms with van der Waals surface area (Å²) in [7, 11) is 1.63. The Bertz CT molecular complexity index is 1040. The molecule has 0 spiro atoms. The van der Waals surface area contributed by atoms with Gasteiger partial charge in [-0.1, -0.05) is 18.6 Å². The van der Waals surface area contributed by atoms with Gasteiger partial charge in [0.15, 0.2) is 0 Å². The molecule has 2 fully saturated rings. The largest absolute Gasteiger partial charge is 0.416 e. The Morgan fingerprint density at radius 1 is 1.16 bits per heavy atom. The Morgan fingerprint density at radius 2 is 1.90 bits per heavy atom. The molecule has 1 saturated heterocycles. The molecule has 0 N–H and O–H groups in total. The van der Waals surface area contributed by atoms with E-state index in [1.54, 1.807) is 13.1 Å². The van der Waals surface area contributed by atoms with E-state index in [1.165, 1.54) is 16.7 Å². The third kappa shape index (κ3) is 3.79. The number of hydrogen-bond donors (Lipinski definition) is 0. The van der Waals surface area contributed by atoms with Gasteiger partial charge in [0, 0.05) is 30.3 Å². The maximum Gasteiger partial charge on any atom is 0.416 e. The number of rotatable bonds is 3. The average molecular weight is 431 g/mol. The van der Waals surface area contributed by atoms with Crippen LogP contribution in [0, 0.1) is 25.7 Å². The summed E-state index contributed by atoms with van der Waals surface area (Å²) in [6, 6.07) is 8.35. The van der Waals surface area contributed by atoms with E-state index in [-0.39, 0.29) is 35.2 Å². The van der Waals surface area contributed by atoms with E-state index in [9.17, 15) is 22.8 Å². The van der Waals surface area contributed by atoms with Crippen molar-refractivity contribution in [2.24, 2.45) is 11.8 Å². The van der Waals surface area contributed by atoms with Crippen LogP contribution in [0.3, 0.4) is 0 Å². The van der Waals surface area contributed by atoms with Crippen LogP contribution in [-0.2, 0) is 15.8 Å². The lowest BCUT2D eigenvalue weighted by Crippen LogP contribution is -2.48. The zero-order valence-electron chi connectivity index (χ0n) is 17.6. The number of carbonyl (C=O) groups is 2. The number of hydrogen-bond acceptors (Lipinski definition) is 3. The Balaban J connectivity index is 1.77. The van der Waals surface area contributed by atoms with Gasteiger partial charge < -0.3 is 4.90 Å². The quantitative estimate of drug-likeness (QED) is 0.719. The molecular weight excluding hydrogens is 407 g/mol. The van der Waals surface area contributed by atoms with Crippen molar-refractivity contribution < 1.29 is 22.8 Å². The van der Waals surface area contributed by atoms with E-state index in [1.807, 2.05) is 25.1 Å². The Hall–Kier alpha value is -2.90. The summed E-state index contributed by atoms with van der Waals surface area (Å²) in [5.74, 6) is -1.34. The number of carbonyl (C=O) groups excluding carboxylic acids is 2. The van der Waals surface area contributed by atoms with Gasteiger partial charge in [-0.05, 0) is 56.5 Å². The molecule has 1 aromatic heterocycles. The number of anilines is 2. The summed E-state index contributed by atoms with van der Waals surface area (Å²) < 4.78 is 40.2. The first-order valence-corrected chi connectivity index (χ1v) is 10.3. The van der Waals surface area contributed by atoms with Crippen molar-refractivity contribution in [3.05, 3.63) is 53.2 Å². The van der Waals surface area contributed by atoms with Gasteiger partial charge >= 0.3 is 6.18 Å². The number of halogens is 3. The van der Waals surface area contributed by atoms with Crippen LogP contribution in [0.1, 0.15) is 36.1 Å². The van der Waals surface area contributed by atoms with Gasteiger partial charge in [-0.15, -0.1) is 0 Å². The van der Waals surface area contributed by atoms with Gasteiger partial charge in [0.1, 0.15) is 11.9 Å². The monoisotopic (exact) mass is 431 g/mol. The normalized spacial score (nSPS) is 23.2. The fourth-order valence-electron chi connectivity index (χ4n) is 4.83. The number of benzene rings is 1. The van der Waals surface area contributed by atoms with Crippen LogP contribution in [0.15, 0.2) is 36.4 Å². The van der Waals surface area contributed by atoms with Gasteiger partial charge in [0.2, 0.25) is 11.8 Å². The van der Waals surface area contributed by atoms with Crippen LogP contribution < -0.4 is 9.80 Å². The van der Waals surface area contributed by atoms with Crippen molar-refractivity contribution in [1.29, 1.82) is 0 Å². The molecule has 3 unspecified atom stereocenters. The lowest BCUT2D eigenvalue weighted by molar-refractivity contribution is -0.137. The summed E-state index contributed by atoms with van der Waals surface area (Å²) in [5.41, 5.74) is 0.920. The van der Waals surface area contributed by atoms with Crippen LogP contribution in [0.5, 0.6) is 0 Å². The number of pyridine rings is 1. The summed E-state index contributed by atoms with van der Waals surface area (Å²) in [6.07, 6.45) is -2.43. The lowest BCUT2D eigenvalue weighted by Gasteiger charge is -2.30. The van der Waals surface area contributed by atoms with Gasteiger partial charge in [-0.2, -0.15) is 13.2 Å². The number of aryl methyl sites for hydroxylation is 2. The molecule has 2 aromatic rings. The molecule has 164 valence electrons. The number of fused-ring (bicyclic) bond motifs is 1. The van der Waals surface area contributed by atoms with Crippen LogP contribution in [0.2, 0.25) is 0 Å². The van der Waals surface area contributed by atoms with Crippen molar-refractivity contribution in [3.8, 4) is 0 Å². The van der Waals surface area contributed by atoms with Gasteiger partial charge in [-0.3, -0.25) is 14.5 Å². The Kier molecular flexibility index (Phi) is 5.27. The lowest BCUT2D eigenvalue weighted by atomic mass is 9.92. The fourth-order valence-corrected chi connectivity index (χ4v) is 4.83. The summed E-state index contributed by atoms with van der Waals surface area (Å²) in [4.78, 5) is 33.7. The molecule has 4 rings (SSSR count). The highest BCUT2D eigenvalue weighted by Gasteiger charge is 2.54. The minimum absolute atomic E-state index is 0.109. The molecule has 0 bridgehead atoms. The van der Waals surface area contributed by atoms with E-state index in [0.29, 0.717) is 18.5 Å². The number of alkyl halides is 3. The van der Waals surface area contributed by atoms with Crippen LogP contribution in [0.25, 0.3) is 0 Å². The first-order chi connectivity index (χ1) is 14.6. The molecule has 2 amide bonds. The predicted octanol–water partition coefficient (Wildman–Crippen LogP) is 4.51.